The van der Waals surface area contributed by atoms with Crippen molar-refractivity contribution in [3.8, 4) is 5.75 Å². The molecule has 1 fully saturated rings. The van der Waals surface area contributed by atoms with E-state index in [2.05, 4.69) is 4.99 Å². The second-order valence-electron chi connectivity index (χ2n) is 14.4. The fourth-order valence-corrected chi connectivity index (χ4v) is 7.51. The molecular formula is C47H48N4O8. The maximum atomic E-state index is 16.1. The molecule has 1 saturated carbocycles. The molecule has 59 heavy (non-hydrogen) atoms. The number of nitrogens with two attached hydrogens (primary N) is 2. The van der Waals surface area contributed by atoms with Crippen molar-refractivity contribution in [1.29, 1.82) is 0 Å². The molecule has 6 rings (SSSR count). The predicted octanol–water partition coefficient (Wildman–Crippen LogP) is 6.40. The Hall–Kier alpha value is -6.95. The van der Waals surface area contributed by atoms with E-state index < -0.39 is 53.7 Å². The molecule has 0 aromatic heterocycles. The van der Waals surface area contributed by atoms with Crippen LogP contribution in [0.1, 0.15) is 59.0 Å². The molecule has 0 aliphatic heterocycles. The van der Waals surface area contributed by atoms with E-state index in [1.165, 1.54) is 7.11 Å². The Morgan fingerprint density at radius 1 is 0.712 bits per heavy atom. The van der Waals surface area contributed by atoms with Gasteiger partial charge in [-0.3, -0.25) is 14.6 Å². The molecule has 5 N–H and O–H groups in total. The number of amides is 1. The average molecular weight is 797 g/mol. The first-order valence-corrected chi connectivity index (χ1v) is 19.4. The quantitative estimate of drug-likeness (QED) is 0.0366. The van der Waals surface area contributed by atoms with Crippen LogP contribution in [0.4, 0.5) is 0 Å². The Morgan fingerprint density at radius 2 is 1.20 bits per heavy atom. The zero-order valence-electron chi connectivity index (χ0n) is 32.8. The average Bonchev–Trinajstić information content (AvgIpc) is 4.11. The van der Waals surface area contributed by atoms with E-state index >= 15 is 9.59 Å². The summed E-state index contributed by atoms with van der Waals surface area (Å²) < 4.78 is 17.3. The summed E-state index contributed by atoms with van der Waals surface area (Å²) in [6.45, 7) is -0.885. The SMILES string of the molecule is COc1ccc([C@H](C2CC2)N(C(=O)C(c2ccccc2)c2ccccc2)[C@](C(=O)O)(C(=O)OCc2ccccc2)C(CCN=C(N)N)C(=O)OCc2ccccc2)cc1. The van der Waals surface area contributed by atoms with E-state index in [0.717, 1.165) is 4.90 Å². The van der Waals surface area contributed by atoms with Gasteiger partial charge in [0.1, 0.15) is 24.9 Å². The topological polar surface area (TPSA) is 184 Å². The fourth-order valence-electron chi connectivity index (χ4n) is 7.51. The minimum Gasteiger partial charge on any atom is -0.497 e. The number of carboxylic acid groups (broad SMARTS) is 1. The molecule has 1 aliphatic carbocycles. The highest BCUT2D eigenvalue weighted by Crippen LogP contribution is 2.51. The normalized spacial score (nSPS) is 14.2. The van der Waals surface area contributed by atoms with Crippen molar-refractivity contribution in [3.63, 3.8) is 0 Å². The van der Waals surface area contributed by atoms with E-state index in [0.29, 0.717) is 46.4 Å². The molecular weight excluding hydrogens is 749 g/mol. The summed E-state index contributed by atoms with van der Waals surface area (Å²) in [7, 11) is 1.52. The van der Waals surface area contributed by atoms with Gasteiger partial charge in [-0.25, -0.2) is 9.59 Å². The van der Waals surface area contributed by atoms with Gasteiger partial charge >= 0.3 is 17.9 Å². The lowest BCUT2D eigenvalue weighted by Crippen LogP contribution is -2.70. The molecule has 0 spiro atoms. The summed E-state index contributed by atoms with van der Waals surface area (Å²) in [6.07, 6.45) is 0.796. The number of aliphatic carboxylic acids is 1. The minimum atomic E-state index is -3.03. The van der Waals surface area contributed by atoms with Crippen molar-refractivity contribution in [2.24, 2.45) is 28.3 Å². The molecule has 304 valence electrons. The highest BCUT2D eigenvalue weighted by atomic mass is 16.5. The van der Waals surface area contributed by atoms with Crippen molar-refractivity contribution >= 4 is 29.8 Å². The van der Waals surface area contributed by atoms with Crippen LogP contribution in [-0.4, -0.2) is 59.0 Å². The van der Waals surface area contributed by atoms with Crippen LogP contribution in [0, 0.1) is 11.8 Å². The van der Waals surface area contributed by atoms with Gasteiger partial charge < -0.3 is 35.7 Å². The van der Waals surface area contributed by atoms with Gasteiger partial charge in [-0.15, -0.1) is 0 Å². The van der Waals surface area contributed by atoms with Gasteiger partial charge in [-0.05, 0) is 65.1 Å². The third kappa shape index (κ3) is 9.78. The molecule has 0 saturated heterocycles. The number of hydrogen-bond acceptors (Lipinski definition) is 8. The lowest BCUT2D eigenvalue weighted by molar-refractivity contribution is -0.193. The number of carbonyl (C=O) groups excluding carboxylic acids is 3. The van der Waals surface area contributed by atoms with E-state index in [1.807, 2.05) is 12.1 Å². The van der Waals surface area contributed by atoms with Crippen molar-refractivity contribution in [2.75, 3.05) is 13.7 Å². The molecule has 12 heteroatoms. The van der Waals surface area contributed by atoms with Crippen molar-refractivity contribution in [2.45, 2.75) is 50.0 Å². The zero-order chi connectivity index (χ0) is 41.8. The smallest absolute Gasteiger partial charge is 0.345 e. The monoisotopic (exact) mass is 796 g/mol. The summed E-state index contributed by atoms with van der Waals surface area (Å²) in [5.74, 6) is -8.01. The molecule has 1 unspecified atom stereocenters. The number of carbonyl (C=O) groups is 4. The van der Waals surface area contributed by atoms with Gasteiger partial charge in [0.25, 0.3) is 5.54 Å². The second-order valence-corrected chi connectivity index (χ2v) is 14.4. The van der Waals surface area contributed by atoms with Crippen LogP contribution in [0.15, 0.2) is 151 Å². The Balaban J connectivity index is 1.64. The van der Waals surface area contributed by atoms with Gasteiger partial charge in [-0.2, -0.15) is 0 Å². The van der Waals surface area contributed by atoms with Gasteiger partial charge in [0.15, 0.2) is 5.96 Å². The molecule has 3 atom stereocenters. The summed E-state index contributed by atoms with van der Waals surface area (Å²) >= 11 is 0. The number of benzene rings is 5. The summed E-state index contributed by atoms with van der Waals surface area (Å²) in [5.41, 5.74) is 11.2. The third-order valence-electron chi connectivity index (χ3n) is 10.5. The van der Waals surface area contributed by atoms with Crippen molar-refractivity contribution in [1.82, 2.24) is 4.90 Å². The maximum Gasteiger partial charge on any atom is 0.345 e. The second kappa shape index (κ2) is 19.5. The molecule has 0 bridgehead atoms. The molecule has 1 aliphatic rings. The Kier molecular flexibility index (Phi) is 13.8. The Morgan fingerprint density at radius 3 is 1.66 bits per heavy atom. The van der Waals surface area contributed by atoms with Crippen LogP contribution >= 0.6 is 0 Å². The molecule has 12 nitrogen and oxygen atoms in total. The van der Waals surface area contributed by atoms with Gasteiger partial charge in [0.2, 0.25) is 5.91 Å². The van der Waals surface area contributed by atoms with Gasteiger partial charge in [0.05, 0.1) is 19.1 Å². The number of methoxy groups -OCH3 is 1. The maximum absolute atomic E-state index is 16.1. The zero-order valence-corrected chi connectivity index (χ0v) is 32.8. The standard InChI is InChI=1S/C47H48N4O8/c1-57-38-26-24-37(25-27-38)41(36-22-23-36)51(42(52)40(34-18-10-4-11-19-34)35-20-12-5-13-21-35)47(44(54)55,45(56)59-31-33-16-8-3-9-17-33)39(28-29-50-46(48)49)43(53)58-30-32-14-6-2-7-15-32/h2-21,24-27,36,39-41H,22-23,28-31H2,1H3,(H,54,55)(H4,48,49,50)/t39?,41-,47+/m0/s1. The molecule has 5 aromatic carbocycles. The predicted molar refractivity (Wildman–Crippen MR) is 222 cm³/mol. The number of carboxylic acids is 1. The third-order valence-corrected chi connectivity index (χ3v) is 10.5. The minimum absolute atomic E-state index is 0.248. The van der Waals surface area contributed by atoms with Gasteiger partial charge in [-0.1, -0.05) is 133 Å². The summed E-state index contributed by atoms with van der Waals surface area (Å²) in [5, 5.41) is 11.9. The Labute approximate surface area is 343 Å². The first kappa shape index (κ1) is 41.7. The molecule has 0 radical (unpaired) electrons. The van der Waals surface area contributed by atoms with Crippen molar-refractivity contribution in [3.05, 3.63) is 173 Å². The van der Waals surface area contributed by atoms with E-state index in [4.69, 9.17) is 25.7 Å². The number of aliphatic imine (C=N–C) groups is 1. The number of guanidine groups is 1. The van der Waals surface area contributed by atoms with E-state index in [1.54, 1.807) is 133 Å². The highest BCUT2D eigenvalue weighted by Gasteiger charge is 2.66. The summed E-state index contributed by atoms with van der Waals surface area (Å²) in [4.78, 5) is 66.3. The van der Waals surface area contributed by atoms with Crippen LogP contribution in [0.5, 0.6) is 5.75 Å². The van der Waals surface area contributed by atoms with Crippen LogP contribution in [0.3, 0.4) is 0 Å². The van der Waals surface area contributed by atoms with E-state index in [-0.39, 0.29) is 31.6 Å². The summed E-state index contributed by atoms with van der Waals surface area (Å²) in [6, 6.07) is 41.2. The van der Waals surface area contributed by atoms with Crippen LogP contribution in [0.2, 0.25) is 0 Å². The van der Waals surface area contributed by atoms with Gasteiger partial charge in [0, 0.05) is 6.54 Å². The van der Waals surface area contributed by atoms with E-state index in [9.17, 15) is 14.7 Å². The van der Waals surface area contributed by atoms with Crippen LogP contribution in [0.25, 0.3) is 0 Å². The Bertz CT molecular complexity index is 2160. The lowest BCUT2D eigenvalue weighted by atomic mass is 9.75. The first-order valence-electron chi connectivity index (χ1n) is 19.4. The number of hydrogen-bond donors (Lipinski definition) is 3. The highest BCUT2D eigenvalue weighted by molar-refractivity contribution is 6.11. The van der Waals surface area contributed by atoms with Crippen LogP contribution < -0.4 is 16.2 Å². The first-order chi connectivity index (χ1) is 28.6. The largest absolute Gasteiger partial charge is 0.497 e. The fraction of sp³-hybridized carbons (Fsp3) is 0.255. The number of nitrogens with zero attached hydrogens (tertiary/aromatic N) is 2. The van der Waals surface area contributed by atoms with Crippen molar-refractivity contribution < 1.29 is 38.5 Å². The molecule has 5 aromatic rings. The molecule has 0 heterocycles. The molecule has 1 amide bonds. The van der Waals surface area contributed by atoms with Crippen LogP contribution in [-0.2, 0) is 41.9 Å². The number of esters is 2. The number of ether oxygens (including phenoxy) is 3. The number of rotatable bonds is 19. The lowest BCUT2D eigenvalue weighted by Gasteiger charge is -2.47.